The topological polar surface area (TPSA) is 74.7 Å². The van der Waals surface area contributed by atoms with Crippen LogP contribution in [0, 0.1) is 5.92 Å². The third-order valence-corrected chi connectivity index (χ3v) is 6.22. The minimum Gasteiger partial charge on any atom is -0.480 e. The number of carboxylic acids is 1. The predicted molar refractivity (Wildman–Crippen MR) is 70.3 cm³/mol. The summed E-state index contributed by atoms with van der Waals surface area (Å²) in [6, 6.07) is -0.542. The van der Waals surface area contributed by atoms with Crippen LogP contribution in [0.2, 0.25) is 0 Å². The molecule has 1 aliphatic rings. The molecule has 1 N–H and O–H groups in total. The standard InChI is InChI=1S/C12H23NO4S/c1-9-5-6-13(10(9)11(14)15)7-8-18(16,17)12(2,3)4/h9-10H,5-8H2,1-4H3,(H,14,15). The van der Waals surface area contributed by atoms with E-state index in [1.54, 1.807) is 25.7 Å². The zero-order chi connectivity index (χ0) is 14.1. The number of carboxylic acid groups (broad SMARTS) is 1. The highest BCUT2D eigenvalue weighted by Crippen LogP contribution is 2.25. The highest BCUT2D eigenvalue weighted by molar-refractivity contribution is 7.92. The number of rotatable bonds is 4. The summed E-state index contributed by atoms with van der Waals surface area (Å²) in [6.45, 7) is 7.88. The zero-order valence-electron chi connectivity index (χ0n) is 11.5. The van der Waals surface area contributed by atoms with E-state index in [-0.39, 0.29) is 11.7 Å². The number of hydrogen-bond donors (Lipinski definition) is 1. The Kier molecular flexibility index (Phi) is 4.43. The number of aliphatic carboxylic acids is 1. The molecule has 18 heavy (non-hydrogen) atoms. The lowest BCUT2D eigenvalue weighted by atomic mass is 10.0. The first-order chi connectivity index (χ1) is 8.06. The highest BCUT2D eigenvalue weighted by Gasteiger charge is 2.38. The van der Waals surface area contributed by atoms with Crippen LogP contribution in [0.25, 0.3) is 0 Å². The molecule has 1 aliphatic heterocycles. The average Bonchev–Trinajstić information content (AvgIpc) is 2.55. The van der Waals surface area contributed by atoms with Crippen molar-refractivity contribution < 1.29 is 18.3 Å². The quantitative estimate of drug-likeness (QED) is 0.829. The number of nitrogens with zero attached hydrogens (tertiary/aromatic N) is 1. The largest absolute Gasteiger partial charge is 0.480 e. The minimum absolute atomic E-state index is 0.0208. The van der Waals surface area contributed by atoms with Crippen LogP contribution in [0.1, 0.15) is 34.1 Å². The smallest absolute Gasteiger partial charge is 0.321 e. The number of sulfone groups is 1. The van der Waals surface area contributed by atoms with Gasteiger partial charge < -0.3 is 5.11 Å². The third-order valence-electron chi connectivity index (χ3n) is 3.64. The van der Waals surface area contributed by atoms with E-state index in [2.05, 4.69) is 0 Å². The lowest BCUT2D eigenvalue weighted by Crippen LogP contribution is -2.43. The van der Waals surface area contributed by atoms with Crippen molar-refractivity contribution in [1.82, 2.24) is 4.90 Å². The van der Waals surface area contributed by atoms with Crippen molar-refractivity contribution in [3.05, 3.63) is 0 Å². The second-order valence-corrected chi connectivity index (χ2v) is 8.88. The highest BCUT2D eigenvalue weighted by atomic mass is 32.2. The van der Waals surface area contributed by atoms with Gasteiger partial charge in [-0.1, -0.05) is 6.92 Å². The van der Waals surface area contributed by atoms with Crippen LogP contribution in [-0.4, -0.2) is 54.0 Å². The number of hydrogen-bond acceptors (Lipinski definition) is 4. The van der Waals surface area contributed by atoms with E-state index in [4.69, 9.17) is 5.11 Å². The van der Waals surface area contributed by atoms with Gasteiger partial charge in [0.2, 0.25) is 0 Å². The molecule has 2 atom stereocenters. The summed E-state index contributed by atoms with van der Waals surface area (Å²) in [4.78, 5) is 12.9. The van der Waals surface area contributed by atoms with Crippen molar-refractivity contribution in [2.24, 2.45) is 5.92 Å². The number of carbonyl (C=O) groups is 1. The first-order valence-electron chi connectivity index (χ1n) is 6.25. The molecule has 0 aromatic rings. The Morgan fingerprint density at radius 3 is 2.39 bits per heavy atom. The Balaban J connectivity index is 2.67. The molecule has 0 amide bonds. The third kappa shape index (κ3) is 3.23. The molecule has 0 aliphatic carbocycles. The van der Waals surface area contributed by atoms with Gasteiger partial charge in [-0.3, -0.25) is 9.69 Å². The van der Waals surface area contributed by atoms with Gasteiger partial charge in [0.1, 0.15) is 6.04 Å². The molecule has 1 heterocycles. The van der Waals surface area contributed by atoms with Crippen molar-refractivity contribution in [3.63, 3.8) is 0 Å². The first kappa shape index (κ1) is 15.4. The second-order valence-electron chi connectivity index (χ2n) is 6.02. The monoisotopic (exact) mass is 277 g/mol. The van der Waals surface area contributed by atoms with Gasteiger partial charge in [0.05, 0.1) is 10.5 Å². The SMILES string of the molecule is CC1CCN(CCS(=O)(=O)C(C)(C)C)C1C(=O)O. The molecule has 2 unspecified atom stereocenters. The van der Waals surface area contributed by atoms with E-state index in [1.807, 2.05) is 6.92 Å². The van der Waals surface area contributed by atoms with Gasteiger partial charge in [0, 0.05) is 6.54 Å². The van der Waals surface area contributed by atoms with E-state index in [0.717, 1.165) is 6.42 Å². The Labute approximate surface area is 109 Å². The van der Waals surface area contributed by atoms with Crippen molar-refractivity contribution in [2.75, 3.05) is 18.8 Å². The molecule has 6 heteroatoms. The molecular formula is C12H23NO4S. The molecule has 0 bridgehead atoms. The van der Waals surface area contributed by atoms with Crippen LogP contribution in [0.3, 0.4) is 0 Å². The lowest BCUT2D eigenvalue weighted by Gasteiger charge is -2.25. The van der Waals surface area contributed by atoms with Crippen molar-refractivity contribution in [3.8, 4) is 0 Å². The van der Waals surface area contributed by atoms with Gasteiger partial charge in [0.15, 0.2) is 9.84 Å². The normalized spacial score (nSPS) is 26.4. The van der Waals surface area contributed by atoms with Gasteiger partial charge in [-0.2, -0.15) is 0 Å². The maximum Gasteiger partial charge on any atom is 0.321 e. The van der Waals surface area contributed by atoms with Crippen LogP contribution >= 0.6 is 0 Å². The maximum absolute atomic E-state index is 12.0. The summed E-state index contributed by atoms with van der Waals surface area (Å²) in [6.07, 6.45) is 0.812. The van der Waals surface area contributed by atoms with Crippen LogP contribution in [0.4, 0.5) is 0 Å². The Bertz CT molecular complexity index is 410. The molecule has 1 rings (SSSR count). The van der Waals surface area contributed by atoms with Crippen LogP contribution in [0.15, 0.2) is 0 Å². The van der Waals surface area contributed by atoms with Crippen molar-refractivity contribution in [2.45, 2.75) is 44.9 Å². The van der Waals surface area contributed by atoms with E-state index in [9.17, 15) is 13.2 Å². The van der Waals surface area contributed by atoms with E-state index < -0.39 is 26.6 Å². The van der Waals surface area contributed by atoms with Gasteiger partial charge in [-0.15, -0.1) is 0 Å². The van der Waals surface area contributed by atoms with E-state index in [1.165, 1.54) is 0 Å². The van der Waals surface area contributed by atoms with Crippen LogP contribution in [0.5, 0.6) is 0 Å². The molecule has 0 aromatic carbocycles. The van der Waals surface area contributed by atoms with Gasteiger partial charge >= 0.3 is 5.97 Å². The predicted octanol–water partition coefficient (Wildman–Crippen LogP) is 0.995. The first-order valence-corrected chi connectivity index (χ1v) is 7.90. The summed E-state index contributed by atoms with van der Waals surface area (Å²) in [5.41, 5.74) is 0. The minimum atomic E-state index is -3.19. The van der Waals surface area contributed by atoms with E-state index in [0.29, 0.717) is 13.1 Å². The van der Waals surface area contributed by atoms with Gasteiger partial charge in [-0.05, 0) is 39.7 Å². The van der Waals surface area contributed by atoms with Crippen molar-refractivity contribution >= 4 is 15.8 Å². The molecule has 1 saturated heterocycles. The summed E-state index contributed by atoms with van der Waals surface area (Å²) in [7, 11) is -3.19. The number of likely N-dealkylation sites (tertiary alicyclic amines) is 1. The molecular weight excluding hydrogens is 254 g/mol. The van der Waals surface area contributed by atoms with Gasteiger partial charge in [0.25, 0.3) is 0 Å². The molecule has 0 saturated carbocycles. The fourth-order valence-electron chi connectivity index (χ4n) is 2.22. The van der Waals surface area contributed by atoms with Crippen LogP contribution < -0.4 is 0 Å². The molecule has 0 aromatic heterocycles. The molecule has 106 valence electrons. The van der Waals surface area contributed by atoms with Crippen molar-refractivity contribution in [1.29, 1.82) is 0 Å². The fourth-order valence-corrected chi connectivity index (χ4v) is 3.31. The van der Waals surface area contributed by atoms with Gasteiger partial charge in [-0.25, -0.2) is 8.42 Å². The molecule has 0 radical (unpaired) electrons. The Hall–Kier alpha value is -0.620. The zero-order valence-corrected chi connectivity index (χ0v) is 12.3. The average molecular weight is 277 g/mol. The molecule has 0 spiro atoms. The maximum atomic E-state index is 12.0. The molecule has 5 nitrogen and oxygen atoms in total. The molecule has 1 fully saturated rings. The Morgan fingerprint density at radius 1 is 1.39 bits per heavy atom. The summed E-state index contributed by atoms with van der Waals surface area (Å²) >= 11 is 0. The second kappa shape index (κ2) is 5.17. The Morgan fingerprint density at radius 2 is 1.94 bits per heavy atom. The van der Waals surface area contributed by atoms with E-state index >= 15 is 0 Å². The summed E-state index contributed by atoms with van der Waals surface area (Å²) in [5, 5.41) is 9.15. The van der Waals surface area contributed by atoms with Crippen LogP contribution in [-0.2, 0) is 14.6 Å². The summed E-state index contributed by atoms with van der Waals surface area (Å²) < 4.78 is 23.2. The summed E-state index contributed by atoms with van der Waals surface area (Å²) in [5.74, 6) is -0.750. The lowest BCUT2D eigenvalue weighted by molar-refractivity contribution is -0.143. The fraction of sp³-hybridized carbons (Fsp3) is 0.917.